The normalized spacial score (nSPS) is 18.9. The van der Waals surface area contributed by atoms with E-state index in [1.807, 2.05) is 0 Å². The zero-order valence-corrected chi connectivity index (χ0v) is 11.4. The van der Waals surface area contributed by atoms with E-state index in [1.165, 1.54) is 23.1 Å². The van der Waals surface area contributed by atoms with Gasteiger partial charge >= 0.3 is 5.97 Å². The maximum atomic E-state index is 13.5. The summed E-state index contributed by atoms with van der Waals surface area (Å²) in [5.41, 5.74) is 0.314. The van der Waals surface area contributed by atoms with E-state index in [2.05, 4.69) is 0 Å². The molecule has 1 aliphatic heterocycles. The van der Waals surface area contributed by atoms with Crippen molar-refractivity contribution in [3.05, 3.63) is 41.7 Å². The van der Waals surface area contributed by atoms with E-state index in [0.29, 0.717) is 18.7 Å². The molecule has 0 bridgehead atoms. The fourth-order valence-electron chi connectivity index (χ4n) is 2.18. The lowest BCUT2D eigenvalue weighted by atomic mass is 10.1. The Labute approximate surface area is 121 Å². The highest BCUT2D eigenvalue weighted by Gasteiger charge is 2.27. The quantitative estimate of drug-likeness (QED) is 0.855. The fourth-order valence-corrected chi connectivity index (χ4v) is 2.18. The Bertz CT molecular complexity index is 558. The number of carboxylic acids is 1. The molecule has 1 amide bonds. The van der Waals surface area contributed by atoms with Crippen LogP contribution in [0.1, 0.15) is 12.0 Å². The molecule has 0 saturated carbocycles. The Morgan fingerprint density at radius 1 is 1.43 bits per heavy atom. The topological polar surface area (TPSA) is 66.8 Å². The molecule has 112 valence electrons. The molecule has 0 spiro atoms. The molecule has 2 rings (SSSR count). The second-order valence-corrected chi connectivity index (χ2v) is 4.71. The van der Waals surface area contributed by atoms with E-state index >= 15 is 0 Å². The Morgan fingerprint density at radius 2 is 2.19 bits per heavy atom. The van der Waals surface area contributed by atoms with Gasteiger partial charge in [0.05, 0.1) is 25.7 Å². The number of amides is 1. The number of rotatable bonds is 4. The molecule has 1 aromatic rings. The monoisotopic (exact) mass is 293 g/mol. The van der Waals surface area contributed by atoms with Crippen LogP contribution < -0.4 is 0 Å². The van der Waals surface area contributed by atoms with Crippen molar-refractivity contribution < 1.29 is 23.8 Å². The highest BCUT2D eigenvalue weighted by molar-refractivity contribution is 5.92. The molecule has 1 fully saturated rings. The third-order valence-electron chi connectivity index (χ3n) is 3.23. The Morgan fingerprint density at radius 3 is 2.90 bits per heavy atom. The van der Waals surface area contributed by atoms with Crippen molar-refractivity contribution in [1.82, 2.24) is 4.90 Å². The minimum Gasteiger partial charge on any atom is -0.481 e. The third-order valence-corrected chi connectivity index (χ3v) is 3.23. The Kier molecular flexibility index (Phi) is 5.05. The predicted molar refractivity (Wildman–Crippen MR) is 74.0 cm³/mol. The molecule has 6 heteroatoms. The molecular weight excluding hydrogens is 277 g/mol. The van der Waals surface area contributed by atoms with Gasteiger partial charge < -0.3 is 14.7 Å². The summed E-state index contributed by atoms with van der Waals surface area (Å²) in [4.78, 5) is 24.4. The fraction of sp³-hybridized carbons (Fsp3) is 0.333. The van der Waals surface area contributed by atoms with Gasteiger partial charge in [-0.25, -0.2) is 4.39 Å². The van der Waals surface area contributed by atoms with Gasteiger partial charge in [0.15, 0.2) is 0 Å². The van der Waals surface area contributed by atoms with Crippen molar-refractivity contribution in [1.29, 1.82) is 0 Å². The highest BCUT2D eigenvalue weighted by atomic mass is 19.1. The van der Waals surface area contributed by atoms with Crippen LogP contribution in [0.5, 0.6) is 0 Å². The van der Waals surface area contributed by atoms with E-state index in [-0.39, 0.29) is 18.9 Å². The molecule has 1 unspecified atom stereocenters. The van der Waals surface area contributed by atoms with Gasteiger partial charge in [0.2, 0.25) is 5.91 Å². The number of carboxylic acid groups (broad SMARTS) is 1. The first-order valence-electron chi connectivity index (χ1n) is 6.60. The van der Waals surface area contributed by atoms with Crippen molar-refractivity contribution >= 4 is 18.0 Å². The number of benzene rings is 1. The SMILES string of the molecule is O=C(O)CC1COCCN1C(=O)/C=C/c1ccccc1F. The van der Waals surface area contributed by atoms with Crippen molar-refractivity contribution in [3.63, 3.8) is 0 Å². The first kappa shape index (κ1) is 15.2. The van der Waals surface area contributed by atoms with Gasteiger partial charge in [-0.2, -0.15) is 0 Å². The van der Waals surface area contributed by atoms with E-state index < -0.39 is 17.8 Å². The summed E-state index contributed by atoms with van der Waals surface area (Å²) in [5.74, 6) is -1.74. The first-order chi connectivity index (χ1) is 10.1. The van der Waals surface area contributed by atoms with E-state index in [4.69, 9.17) is 9.84 Å². The van der Waals surface area contributed by atoms with Crippen molar-refractivity contribution in [2.24, 2.45) is 0 Å². The van der Waals surface area contributed by atoms with Gasteiger partial charge in [0.1, 0.15) is 5.82 Å². The standard InChI is InChI=1S/C15H16FNO4/c16-13-4-2-1-3-11(13)5-6-14(18)17-7-8-21-10-12(17)9-15(19)20/h1-6,12H,7-10H2,(H,19,20)/b6-5+. The van der Waals surface area contributed by atoms with Crippen LogP contribution in [0.25, 0.3) is 6.08 Å². The number of ether oxygens (including phenoxy) is 1. The number of nitrogens with zero attached hydrogens (tertiary/aromatic N) is 1. The van der Waals surface area contributed by atoms with Crippen LogP contribution >= 0.6 is 0 Å². The van der Waals surface area contributed by atoms with Gasteiger partial charge in [-0.15, -0.1) is 0 Å². The number of hydrogen-bond donors (Lipinski definition) is 1. The molecule has 5 nitrogen and oxygen atoms in total. The van der Waals surface area contributed by atoms with Crippen LogP contribution in [0.15, 0.2) is 30.3 Å². The molecule has 0 aliphatic carbocycles. The molecule has 1 saturated heterocycles. The van der Waals surface area contributed by atoms with E-state index in [9.17, 15) is 14.0 Å². The van der Waals surface area contributed by atoms with Crippen molar-refractivity contribution in [2.45, 2.75) is 12.5 Å². The van der Waals surface area contributed by atoms with Crippen LogP contribution in [0, 0.1) is 5.82 Å². The molecule has 1 heterocycles. The summed E-state index contributed by atoms with van der Waals surface area (Å²) in [6.07, 6.45) is 2.49. The predicted octanol–water partition coefficient (Wildman–Crippen LogP) is 1.54. The minimum atomic E-state index is -0.985. The largest absolute Gasteiger partial charge is 0.481 e. The number of hydrogen-bond acceptors (Lipinski definition) is 3. The van der Waals surface area contributed by atoms with E-state index in [1.54, 1.807) is 18.2 Å². The summed E-state index contributed by atoms with van der Waals surface area (Å²) in [5, 5.41) is 8.85. The Balaban J connectivity index is 2.07. The van der Waals surface area contributed by atoms with E-state index in [0.717, 1.165) is 0 Å². The zero-order chi connectivity index (χ0) is 15.2. The van der Waals surface area contributed by atoms with Crippen LogP contribution in [0.4, 0.5) is 4.39 Å². The minimum absolute atomic E-state index is 0.167. The number of morpholine rings is 1. The van der Waals surface area contributed by atoms with Crippen LogP contribution in [-0.2, 0) is 14.3 Å². The van der Waals surface area contributed by atoms with Crippen LogP contribution in [0.2, 0.25) is 0 Å². The molecule has 0 aromatic heterocycles. The van der Waals surface area contributed by atoms with Gasteiger partial charge in [0, 0.05) is 18.2 Å². The molecule has 1 aromatic carbocycles. The number of carbonyl (C=O) groups excluding carboxylic acids is 1. The third kappa shape index (κ3) is 4.13. The average Bonchev–Trinajstić information content (AvgIpc) is 2.46. The van der Waals surface area contributed by atoms with Gasteiger partial charge in [-0.3, -0.25) is 9.59 Å². The second kappa shape index (κ2) is 6.99. The highest BCUT2D eigenvalue weighted by Crippen LogP contribution is 2.13. The summed E-state index contributed by atoms with van der Waals surface area (Å²) >= 11 is 0. The average molecular weight is 293 g/mol. The summed E-state index contributed by atoms with van der Waals surface area (Å²) in [6, 6.07) is 5.63. The Hall–Kier alpha value is -2.21. The van der Waals surface area contributed by atoms with Gasteiger partial charge in [-0.1, -0.05) is 18.2 Å². The molecule has 1 atom stereocenters. The first-order valence-corrected chi connectivity index (χ1v) is 6.60. The molecule has 1 aliphatic rings. The summed E-state index contributed by atoms with van der Waals surface area (Å²) in [6.45, 7) is 0.902. The number of carbonyl (C=O) groups is 2. The van der Waals surface area contributed by atoms with Crippen molar-refractivity contribution in [3.8, 4) is 0 Å². The lowest BCUT2D eigenvalue weighted by Crippen LogP contribution is -2.49. The maximum Gasteiger partial charge on any atom is 0.305 e. The summed E-state index contributed by atoms with van der Waals surface area (Å²) in [7, 11) is 0. The van der Waals surface area contributed by atoms with Crippen LogP contribution in [-0.4, -0.2) is 47.7 Å². The smallest absolute Gasteiger partial charge is 0.305 e. The number of aliphatic carboxylic acids is 1. The van der Waals surface area contributed by atoms with Gasteiger partial charge in [0.25, 0.3) is 0 Å². The molecule has 21 heavy (non-hydrogen) atoms. The number of halogens is 1. The second-order valence-electron chi connectivity index (χ2n) is 4.71. The van der Waals surface area contributed by atoms with Crippen molar-refractivity contribution in [2.75, 3.05) is 19.8 Å². The maximum absolute atomic E-state index is 13.5. The molecular formula is C15H16FNO4. The zero-order valence-electron chi connectivity index (χ0n) is 11.4. The lowest BCUT2D eigenvalue weighted by Gasteiger charge is -2.34. The molecule has 1 N–H and O–H groups in total. The summed E-state index contributed by atoms with van der Waals surface area (Å²) < 4.78 is 18.7. The lowest BCUT2D eigenvalue weighted by molar-refractivity contribution is -0.143. The van der Waals surface area contributed by atoms with Crippen LogP contribution in [0.3, 0.4) is 0 Å². The molecule has 0 radical (unpaired) electrons. The van der Waals surface area contributed by atoms with Gasteiger partial charge in [-0.05, 0) is 12.1 Å².